The quantitative estimate of drug-likeness (QED) is 0.726. The largest absolute Gasteiger partial charge is 0.462 e. The second-order valence-corrected chi connectivity index (χ2v) is 11.0. The van der Waals surface area contributed by atoms with Crippen molar-refractivity contribution in [3.05, 3.63) is 29.5 Å². The van der Waals surface area contributed by atoms with Gasteiger partial charge >= 0.3 is 0 Å². The van der Waals surface area contributed by atoms with E-state index in [-0.39, 0.29) is 11.3 Å². The van der Waals surface area contributed by atoms with Crippen LogP contribution in [0.3, 0.4) is 0 Å². The second-order valence-electron chi connectivity index (χ2n) is 10.2. The van der Waals surface area contributed by atoms with Crippen molar-refractivity contribution in [1.29, 1.82) is 0 Å². The van der Waals surface area contributed by atoms with Crippen molar-refractivity contribution in [2.45, 2.75) is 44.9 Å². The molecule has 4 aliphatic carbocycles. The molecule has 2 aromatic heterocycles. The number of hydrogen-bond acceptors (Lipinski definition) is 5. The third-order valence-corrected chi connectivity index (χ3v) is 8.93. The molecule has 0 spiro atoms. The van der Waals surface area contributed by atoms with Crippen LogP contribution in [-0.2, 0) is 16.0 Å². The van der Waals surface area contributed by atoms with Crippen LogP contribution in [0.5, 0.6) is 0 Å². The fourth-order valence-corrected chi connectivity index (χ4v) is 7.82. The van der Waals surface area contributed by atoms with Crippen molar-refractivity contribution in [2.24, 2.45) is 23.2 Å². The highest BCUT2D eigenvalue weighted by Gasteiger charge is 2.55. The molecule has 164 valence electrons. The molecule has 0 atom stereocenters. The van der Waals surface area contributed by atoms with Gasteiger partial charge in [0.2, 0.25) is 11.8 Å². The summed E-state index contributed by atoms with van der Waals surface area (Å²) in [7, 11) is 0. The van der Waals surface area contributed by atoms with Crippen molar-refractivity contribution < 1.29 is 14.0 Å². The van der Waals surface area contributed by atoms with Crippen LogP contribution in [0, 0.1) is 23.2 Å². The van der Waals surface area contributed by atoms with Gasteiger partial charge in [-0.3, -0.25) is 9.59 Å². The second kappa shape index (κ2) is 7.47. The van der Waals surface area contributed by atoms with E-state index in [4.69, 9.17) is 4.42 Å². The maximum Gasteiger partial charge on any atom is 0.228 e. The fraction of sp³-hybridized carbons (Fsp3) is 0.625. The molecule has 5 fully saturated rings. The average Bonchev–Trinajstić information content (AvgIpc) is 3.44. The molecule has 3 heterocycles. The van der Waals surface area contributed by atoms with Gasteiger partial charge in [0.1, 0.15) is 0 Å². The molecule has 0 aromatic carbocycles. The molecule has 7 heteroatoms. The summed E-state index contributed by atoms with van der Waals surface area (Å²) in [5.41, 5.74) is 0.706. The fourth-order valence-electron chi connectivity index (χ4n) is 7.04. The standard InChI is InChI=1S/C24H29N3O3S/c28-21(11-19-15-31-22(25-19)20-2-1-7-30-20)26-3-5-27(6-4-26)23(29)24-12-16-8-17(13-24)10-18(9-16)14-24/h1-2,7,15-18H,3-6,8-14H2. The zero-order chi connectivity index (χ0) is 21.0. The highest BCUT2D eigenvalue weighted by Crippen LogP contribution is 2.60. The number of furan rings is 1. The Kier molecular flexibility index (Phi) is 4.70. The van der Waals surface area contributed by atoms with Crippen LogP contribution < -0.4 is 0 Å². The van der Waals surface area contributed by atoms with E-state index in [0.29, 0.717) is 38.5 Å². The summed E-state index contributed by atoms with van der Waals surface area (Å²) in [4.78, 5) is 34.9. The Balaban J connectivity index is 1.05. The van der Waals surface area contributed by atoms with Crippen molar-refractivity contribution in [1.82, 2.24) is 14.8 Å². The third-order valence-electron chi connectivity index (χ3n) is 8.03. The van der Waals surface area contributed by atoms with Gasteiger partial charge in [-0.2, -0.15) is 0 Å². The van der Waals surface area contributed by atoms with Gasteiger partial charge in [0, 0.05) is 31.6 Å². The van der Waals surface area contributed by atoms with E-state index in [9.17, 15) is 9.59 Å². The first-order valence-corrected chi connectivity index (χ1v) is 12.5. The first kappa shape index (κ1) is 19.5. The van der Waals surface area contributed by atoms with Gasteiger partial charge in [0.25, 0.3) is 0 Å². The lowest BCUT2D eigenvalue weighted by Crippen LogP contribution is -2.58. The number of rotatable bonds is 4. The topological polar surface area (TPSA) is 66.7 Å². The Bertz CT molecular complexity index is 939. The Labute approximate surface area is 186 Å². The molecule has 0 N–H and O–H groups in total. The minimum atomic E-state index is -0.0796. The number of nitrogens with zero attached hydrogens (tertiary/aromatic N) is 3. The van der Waals surface area contributed by atoms with E-state index < -0.39 is 0 Å². The minimum absolute atomic E-state index is 0.0796. The number of piperazine rings is 1. The summed E-state index contributed by atoms with van der Waals surface area (Å²) in [5, 5.41) is 2.74. The van der Waals surface area contributed by atoms with Gasteiger partial charge in [0.15, 0.2) is 10.8 Å². The Morgan fingerprint density at radius 3 is 2.29 bits per heavy atom. The summed E-state index contributed by atoms with van der Waals surface area (Å²) in [6, 6.07) is 3.72. The van der Waals surface area contributed by atoms with Crippen molar-refractivity contribution in [3.63, 3.8) is 0 Å². The zero-order valence-corrected chi connectivity index (χ0v) is 18.6. The van der Waals surface area contributed by atoms with Gasteiger partial charge in [-0.15, -0.1) is 11.3 Å². The van der Waals surface area contributed by atoms with Crippen molar-refractivity contribution in [2.75, 3.05) is 26.2 Å². The number of aromatic nitrogens is 1. The molecule has 31 heavy (non-hydrogen) atoms. The smallest absolute Gasteiger partial charge is 0.228 e. The van der Waals surface area contributed by atoms with Gasteiger partial charge in [0.05, 0.1) is 23.8 Å². The van der Waals surface area contributed by atoms with Crippen molar-refractivity contribution >= 4 is 23.2 Å². The molecular weight excluding hydrogens is 410 g/mol. The van der Waals surface area contributed by atoms with Crippen LogP contribution >= 0.6 is 11.3 Å². The van der Waals surface area contributed by atoms with Gasteiger partial charge in [-0.05, 0) is 68.4 Å². The SMILES string of the molecule is O=C(Cc1csc(-c2ccco2)n1)N1CCN(C(=O)C23CC4CC(CC(C4)C2)C3)CC1. The number of carbonyl (C=O) groups is 2. The lowest BCUT2D eigenvalue weighted by Gasteiger charge is -2.57. The number of hydrogen-bond donors (Lipinski definition) is 0. The molecule has 4 saturated carbocycles. The number of thiazole rings is 1. The predicted octanol–water partition coefficient (Wildman–Crippen LogP) is 3.83. The molecule has 0 radical (unpaired) electrons. The molecule has 7 rings (SSSR count). The van der Waals surface area contributed by atoms with Crippen LogP contribution in [0.1, 0.15) is 44.2 Å². The first-order valence-electron chi connectivity index (χ1n) is 11.6. The summed E-state index contributed by atoms with van der Waals surface area (Å²) in [6.45, 7) is 2.60. The summed E-state index contributed by atoms with van der Waals surface area (Å²) >= 11 is 1.50. The summed E-state index contributed by atoms with van der Waals surface area (Å²) in [5.74, 6) is 3.56. The van der Waals surface area contributed by atoms with Crippen LogP contribution in [-0.4, -0.2) is 52.8 Å². The number of amides is 2. The normalized spacial score (nSPS) is 31.9. The van der Waals surface area contributed by atoms with Crippen LogP contribution in [0.15, 0.2) is 28.2 Å². The van der Waals surface area contributed by atoms with Gasteiger partial charge in [-0.1, -0.05) is 0 Å². The Morgan fingerprint density at radius 2 is 1.68 bits per heavy atom. The Morgan fingerprint density at radius 1 is 1.03 bits per heavy atom. The molecule has 4 bridgehead atoms. The maximum atomic E-state index is 13.5. The molecule has 2 amide bonds. The van der Waals surface area contributed by atoms with Crippen LogP contribution in [0.25, 0.3) is 10.8 Å². The molecule has 1 aliphatic heterocycles. The van der Waals surface area contributed by atoms with E-state index in [0.717, 1.165) is 53.5 Å². The van der Waals surface area contributed by atoms with Crippen molar-refractivity contribution in [3.8, 4) is 10.8 Å². The van der Waals surface area contributed by atoms with Crippen LogP contribution in [0.2, 0.25) is 0 Å². The predicted molar refractivity (Wildman–Crippen MR) is 117 cm³/mol. The summed E-state index contributed by atoms with van der Waals surface area (Å²) in [6.07, 6.45) is 9.33. The van der Waals surface area contributed by atoms with E-state index in [1.165, 1.54) is 30.6 Å². The third kappa shape index (κ3) is 3.51. The van der Waals surface area contributed by atoms with E-state index in [1.54, 1.807) is 6.26 Å². The Hall–Kier alpha value is -2.15. The average molecular weight is 440 g/mol. The molecule has 5 aliphatic rings. The van der Waals surface area contributed by atoms with E-state index in [1.807, 2.05) is 22.4 Å². The van der Waals surface area contributed by atoms with Gasteiger partial charge < -0.3 is 14.2 Å². The monoisotopic (exact) mass is 439 g/mol. The molecular formula is C24H29N3O3S. The lowest BCUT2D eigenvalue weighted by atomic mass is 9.49. The molecule has 0 unspecified atom stereocenters. The summed E-state index contributed by atoms with van der Waals surface area (Å²) < 4.78 is 5.39. The van der Waals surface area contributed by atoms with E-state index in [2.05, 4.69) is 9.88 Å². The highest BCUT2D eigenvalue weighted by atomic mass is 32.1. The van der Waals surface area contributed by atoms with Gasteiger partial charge in [-0.25, -0.2) is 4.98 Å². The minimum Gasteiger partial charge on any atom is -0.462 e. The molecule has 6 nitrogen and oxygen atoms in total. The molecule has 2 aromatic rings. The number of carbonyl (C=O) groups excluding carboxylic acids is 2. The zero-order valence-electron chi connectivity index (χ0n) is 17.8. The first-order chi connectivity index (χ1) is 15.1. The van der Waals surface area contributed by atoms with E-state index >= 15 is 0 Å². The maximum absolute atomic E-state index is 13.5. The van der Waals surface area contributed by atoms with Crippen LogP contribution in [0.4, 0.5) is 0 Å². The highest BCUT2D eigenvalue weighted by molar-refractivity contribution is 7.13. The lowest BCUT2D eigenvalue weighted by molar-refractivity contribution is -0.160. The molecule has 1 saturated heterocycles.